The number of ether oxygens (including phenoxy) is 1. The van der Waals surface area contributed by atoms with Crippen LogP contribution in [0.15, 0.2) is 24.3 Å². The molecule has 2 N–H and O–H groups in total. The van der Waals surface area contributed by atoms with Crippen LogP contribution in [0, 0.1) is 0 Å². The molecule has 0 bridgehead atoms. The molecular formula is C13H16N2O2. The summed E-state index contributed by atoms with van der Waals surface area (Å²) >= 11 is 0. The molecule has 1 aromatic rings. The maximum atomic E-state index is 12.2. The van der Waals surface area contributed by atoms with Crippen molar-refractivity contribution in [3.63, 3.8) is 0 Å². The SMILES string of the molecule is NC1(CC(=O)N2CCc3ccccc32)COC1. The number of amides is 1. The van der Waals surface area contributed by atoms with Gasteiger partial charge in [-0.25, -0.2) is 0 Å². The number of carbonyl (C=O) groups excluding carboxylic acids is 1. The zero-order chi connectivity index (χ0) is 11.9. The molecule has 2 aliphatic heterocycles. The highest BCUT2D eigenvalue weighted by Gasteiger charge is 2.38. The zero-order valence-electron chi connectivity index (χ0n) is 9.69. The number of carbonyl (C=O) groups is 1. The predicted octanol–water partition coefficient (Wildman–Crippen LogP) is 0.693. The molecule has 0 atom stereocenters. The van der Waals surface area contributed by atoms with Gasteiger partial charge in [-0.2, -0.15) is 0 Å². The summed E-state index contributed by atoms with van der Waals surface area (Å²) in [6.07, 6.45) is 1.32. The minimum absolute atomic E-state index is 0.112. The minimum atomic E-state index is -0.436. The molecule has 1 amide bonds. The van der Waals surface area contributed by atoms with Gasteiger partial charge in [-0.1, -0.05) is 18.2 Å². The smallest absolute Gasteiger partial charge is 0.229 e. The van der Waals surface area contributed by atoms with E-state index in [1.54, 1.807) is 0 Å². The Kier molecular flexibility index (Phi) is 2.42. The number of benzene rings is 1. The lowest BCUT2D eigenvalue weighted by Crippen LogP contribution is -2.59. The molecule has 0 aliphatic carbocycles. The van der Waals surface area contributed by atoms with Gasteiger partial charge in [0.15, 0.2) is 0 Å². The van der Waals surface area contributed by atoms with Crippen LogP contribution in [0.25, 0.3) is 0 Å². The fourth-order valence-electron chi connectivity index (χ4n) is 2.46. The van der Waals surface area contributed by atoms with Gasteiger partial charge in [-0.3, -0.25) is 4.79 Å². The summed E-state index contributed by atoms with van der Waals surface area (Å²) in [7, 11) is 0. The van der Waals surface area contributed by atoms with E-state index in [4.69, 9.17) is 10.5 Å². The molecule has 17 heavy (non-hydrogen) atoms. The number of rotatable bonds is 2. The third kappa shape index (κ3) is 1.83. The number of anilines is 1. The van der Waals surface area contributed by atoms with E-state index >= 15 is 0 Å². The van der Waals surface area contributed by atoms with Crippen molar-refractivity contribution in [2.75, 3.05) is 24.7 Å². The van der Waals surface area contributed by atoms with Gasteiger partial charge in [0.1, 0.15) is 0 Å². The summed E-state index contributed by atoms with van der Waals surface area (Å²) in [5, 5.41) is 0. The molecule has 2 heterocycles. The van der Waals surface area contributed by atoms with Gasteiger partial charge in [-0.15, -0.1) is 0 Å². The van der Waals surface area contributed by atoms with Gasteiger partial charge in [0, 0.05) is 18.7 Å². The second-order valence-corrected chi connectivity index (χ2v) is 4.96. The normalized spacial score (nSPS) is 20.9. The fourth-order valence-corrected chi connectivity index (χ4v) is 2.46. The molecule has 1 saturated heterocycles. The molecule has 0 spiro atoms. The number of para-hydroxylation sites is 1. The van der Waals surface area contributed by atoms with Gasteiger partial charge in [0.25, 0.3) is 0 Å². The number of hydrogen-bond acceptors (Lipinski definition) is 3. The summed E-state index contributed by atoms with van der Waals surface area (Å²) in [4.78, 5) is 14.1. The van der Waals surface area contributed by atoms with Crippen molar-refractivity contribution in [3.8, 4) is 0 Å². The van der Waals surface area contributed by atoms with Gasteiger partial charge < -0.3 is 15.4 Å². The molecule has 1 fully saturated rings. The lowest BCUT2D eigenvalue weighted by atomic mass is 9.94. The molecule has 2 aliphatic rings. The molecule has 0 saturated carbocycles. The van der Waals surface area contributed by atoms with Crippen molar-refractivity contribution in [1.82, 2.24) is 0 Å². The Morgan fingerprint density at radius 1 is 1.41 bits per heavy atom. The summed E-state index contributed by atoms with van der Waals surface area (Å²) in [6, 6.07) is 8.06. The van der Waals surface area contributed by atoms with Crippen molar-refractivity contribution in [2.45, 2.75) is 18.4 Å². The first-order valence-electron chi connectivity index (χ1n) is 5.93. The third-order valence-corrected chi connectivity index (χ3v) is 3.47. The Morgan fingerprint density at radius 3 is 2.88 bits per heavy atom. The monoisotopic (exact) mass is 232 g/mol. The molecule has 4 nitrogen and oxygen atoms in total. The first-order valence-corrected chi connectivity index (χ1v) is 5.93. The van der Waals surface area contributed by atoms with E-state index in [0.717, 1.165) is 18.7 Å². The van der Waals surface area contributed by atoms with Gasteiger partial charge in [0.2, 0.25) is 5.91 Å². The van der Waals surface area contributed by atoms with Crippen molar-refractivity contribution in [1.29, 1.82) is 0 Å². The van der Waals surface area contributed by atoms with Crippen molar-refractivity contribution in [2.24, 2.45) is 5.73 Å². The number of hydrogen-bond donors (Lipinski definition) is 1. The molecular weight excluding hydrogens is 216 g/mol. The van der Waals surface area contributed by atoms with E-state index in [2.05, 4.69) is 6.07 Å². The standard InChI is InChI=1S/C13H16N2O2/c14-13(8-17-9-13)7-12(16)15-6-5-10-3-1-2-4-11(10)15/h1-4H,5-9,14H2. The Labute approximate surface area is 100 Å². The van der Waals surface area contributed by atoms with Crippen molar-refractivity contribution in [3.05, 3.63) is 29.8 Å². The van der Waals surface area contributed by atoms with Crippen molar-refractivity contribution >= 4 is 11.6 Å². The average molecular weight is 232 g/mol. The van der Waals surface area contributed by atoms with Crippen LogP contribution in [0.2, 0.25) is 0 Å². The topological polar surface area (TPSA) is 55.6 Å². The van der Waals surface area contributed by atoms with E-state index in [-0.39, 0.29) is 5.91 Å². The van der Waals surface area contributed by atoms with Crippen LogP contribution in [0.4, 0.5) is 5.69 Å². The molecule has 4 heteroatoms. The van der Waals surface area contributed by atoms with Crippen LogP contribution in [-0.4, -0.2) is 31.2 Å². The molecule has 90 valence electrons. The summed E-state index contributed by atoms with van der Waals surface area (Å²) in [6.45, 7) is 1.76. The van der Waals surface area contributed by atoms with Crippen LogP contribution >= 0.6 is 0 Å². The first-order chi connectivity index (χ1) is 8.18. The fraction of sp³-hybridized carbons (Fsp3) is 0.462. The molecule has 0 radical (unpaired) electrons. The lowest BCUT2D eigenvalue weighted by Gasteiger charge is -2.38. The van der Waals surface area contributed by atoms with E-state index in [1.165, 1.54) is 5.56 Å². The Morgan fingerprint density at radius 2 is 2.18 bits per heavy atom. The second kappa shape index (κ2) is 3.82. The van der Waals surface area contributed by atoms with E-state index in [0.29, 0.717) is 19.6 Å². The summed E-state index contributed by atoms with van der Waals surface area (Å²) in [5.74, 6) is 0.112. The zero-order valence-corrected chi connectivity index (χ0v) is 9.69. The number of nitrogens with two attached hydrogens (primary N) is 1. The lowest BCUT2D eigenvalue weighted by molar-refractivity contribution is -0.125. The Hall–Kier alpha value is -1.39. The second-order valence-electron chi connectivity index (χ2n) is 4.96. The average Bonchev–Trinajstić information content (AvgIpc) is 2.70. The molecule has 3 rings (SSSR count). The van der Waals surface area contributed by atoms with Crippen LogP contribution < -0.4 is 10.6 Å². The highest BCUT2D eigenvalue weighted by molar-refractivity contribution is 5.96. The van der Waals surface area contributed by atoms with Crippen LogP contribution in [-0.2, 0) is 16.0 Å². The summed E-state index contributed by atoms with van der Waals surface area (Å²) in [5.41, 5.74) is 7.87. The van der Waals surface area contributed by atoms with Gasteiger partial charge >= 0.3 is 0 Å². The van der Waals surface area contributed by atoms with Crippen LogP contribution in [0.3, 0.4) is 0 Å². The Bertz CT molecular complexity index is 454. The maximum absolute atomic E-state index is 12.2. The maximum Gasteiger partial charge on any atom is 0.229 e. The third-order valence-electron chi connectivity index (χ3n) is 3.47. The number of fused-ring (bicyclic) bond motifs is 1. The largest absolute Gasteiger partial charge is 0.377 e. The van der Waals surface area contributed by atoms with Crippen molar-refractivity contribution < 1.29 is 9.53 Å². The van der Waals surface area contributed by atoms with E-state index in [9.17, 15) is 4.79 Å². The minimum Gasteiger partial charge on any atom is -0.377 e. The highest BCUT2D eigenvalue weighted by atomic mass is 16.5. The van der Waals surface area contributed by atoms with Gasteiger partial charge in [-0.05, 0) is 18.1 Å². The van der Waals surface area contributed by atoms with Gasteiger partial charge in [0.05, 0.1) is 18.8 Å². The number of nitrogens with zero attached hydrogens (tertiary/aromatic N) is 1. The van der Waals surface area contributed by atoms with Crippen LogP contribution in [0.1, 0.15) is 12.0 Å². The van der Waals surface area contributed by atoms with Crippen LogP contribution in [0.5, 0.6) is 0 Å². The molecule has 0 aromatic heterocycles. The molecule has 0 unspecified atom stereocenters. The van der Waals surface area contributed by atoms with E-state index in [1.807, 2.05) is 23.1 Å². The quantitative estimate of drug-likeness (QED) is 0.816. The summed E-state index contributed by atoms with van der Waals surface area (Å²) < 4.78 is 5.08. The molecule has 1 aromatic carbocycles. The predicted molar refractivity (Wildman–Crippen MR) is 64.9 cm³/mol. The Balaban J connectivity index is 1.75. The van der Waals surface area contributed by atoms with E-state index < -0.39 is 5.54 Å². The highest BCUT2D eigenvalue weighted by Crippen LogP contribution is 2.29. The first kappa shape index (κ1) is 10.7.